The van der Waals surface area contributed by atoms with Gasteiger partial charge < -0.3 is 10.4 Å². The summed E-state index contributed by atoms with van der Waals surface area (Å²) in [5.74, 6) is 0.633. The minimum Gasteiger partial charge on any atom is -0.396 e. The lowest BCUT2D eigenvalue weighted by molar-refractivity contribution is 0.0508. The number of hydrogen-bond donors (Lipinski definition) is 2. The lowest BCUT2D eigenvalue weighted by Crippen LogP contribution is -2.55. The smallest absolute Gasteiger partial charge is 0.223 e. The van der Waals surface area contributed by atoms with E-state index < -0.39 is 11.0 Å². The number of aliphatic hydroxyl groups excluding tert-OH is 1. The zero-order valence-corrected chi connectivity index (χ0v) is 15.0. The minimum atomic E-state index is -0.649. The Bertz CT molecular complexity index is 845. The summed E-state index contributed by atoms with van der Waals surface area (Å²) in [6.45, 7) is 8.29. The molecule has 0 aliphatic carbocycles. The van der Waals surface area contributed by atoms with E-state index in [1.165, 1.54) is 0 Å². The van der Waals surface area contributed by atoms with Crippen LogP contribution in [0.5, 0.6) is 0 Å². The molecule has 7 nitrogen and oxygen atoms in total. The maximum absolute atomic E-state index is 10.2. The van der Waals surface area contributed by atoms with Gasteiger partial charge in [-0.2, -0.15) is 0 Å². The highest BCUT2D eigenvalue weighted by Gasteiger charge is 2.51. The first-order valence-corrected chi connectivity index (χ1v) is 8.36. The molecule has 3 aromatic rings. The van der Waals surface area contributed by atoms with Gasteiger partial charge in [0.05, 0.1) is 30.2 Å². The second-order valence-corrected chi connectivity index (χ2v) is 7.15. The second-order valence-electron chi connectivity index (χ2n) is 7.15. The molecule has 1 unspecified atom stereocenters. The Balaban J connectivity index is 2.27. The highest BCUT2D eigenvalue weighted by molar-refractivity contribution is 5.44. The largest absolute Gasteiger partial charge is 0.396 e. The summed E-state index contributed by atoms with van der Waals surface area (Å²) in [6, 6.07) is 1.78. The predicted octanol–water partition coefficient (Wildman–Crippen LogP) is 2.50. The monoisotopic (exact) mass is 340 g/mol. The van der Waals surface area contributed by atoms with Crippen LogP contribution in [-0.2, 0) is 5.54 Å². The fourth-order valence-corrected chi connectivity index (χ4v) is 3.60. The summed E-state index contributed by atoms with van der Waals surface area (Å²) in [5, 5.41) is 13.7. The molecule has 1 atom stereocenters. The van der Waals surface area contributed by atoms with Crippen LogP contribution in [0, 0.1) is 11.3 Å². The normalized spacial score (nSPS) is 14.6. The molecule has 0 aliphatic heterocycles. The molecule has 3 heterocycles. The number of fused-ring (bicyclic) bond motifs is 1. The van der Waals surface area contributed by atoms with E-state index in [1.54, 1.807) is 30.9 Å². The molecular weight excluding hydrogens is 316 g/mol. The Morgan fingerprint density at radius 2 is 1.84 bits per heavy atom. The minimum absolute atomic E-state index is 0.0106. The average Bonchev–Trinajstić information content (AvgIpc) is 3.04. The SMILES string of the molecule is CC(C)C(Nc1ncccn1)(c1cnc2cnccn12)C(C)(C)CO. The average molecular weight is 340 g/mol. The molecular formula is C18H24N6O. The third-order valence-electron chi connectivity index (χ3n) is 4.92. The van der Waals surface area contributed by atoms with Crippen molar-refractivity contribution in [1.82, 2.24) is 24.3 Å². The fourth-order valence-electron chi connectivity index (χ4n) is 3.60. The molecule has 2 N–H and O–H groups in total. The Hall–Kier alpha value is -2.54. The summed E-state index contributed by atoms with van der Waals surface area (Å²) >= 11 is 0. The second kappa shape index (κ2) is 6.40. The van der Waals surface area contributed by atoms with Gasteiger partial charge in [-0.25, -0.2) is 15.0 Å². The van der Waals surface area contributed by atoms with Gasteiger partial charge >= 0.3 is 0 Å². The lowest BCUT2D eigenvalue weighted by Gasteiger charge is -2.49. The molecule has 25 heavy (non-hydrogen) atoms. The molecule has 0 saturated heterocycles. The number of nitrogens with zero attached hydrogens (tertiary/aromatic N) is 5. The van der Waals surface area contributed by atoms with Crippen LogP contribution < -0.4 is 5.32 Å². The highest BCUT2D eigenvalue weighted by atomic mass is 16.3. The summed E-state index contributed by atoms with van der Waals surface area (Å²) in [5.41, 5.74) is 0.530. The molecule has 0 saturated carbocycles. The maximum Gasteiger partial charge on any atom is 0.223 e. The van der Waals surface area contributed by atoms with Gasteiger partial charge in [0.25, 0.3) is 0 Å². The van der Waals surface area contributed by atoms with E-state index in [9.17, 15) is 5.11 Å². The van der Waals surface area contributed by atoms with Gasteiger partial charge in [0.15, 0.2) is 5.65 Å². The molecule has 3 rings (SSSR count). The molecule has 3 aromatic heterocycles. The zero-order chi connectivity index (χ0) is 18.1. The number of aliphatic hydroxyl groups is 1. The van der Waals surface area contributed by atoms with Crippen molar-refractivity contribution >= 4 is 11.6 Å². The van der Waals surface area contributed by atoms with Crippen molar-refractivity contribution in [2.75, 3.05) is 11.9 Å². The van der Waals surface area contributed by atoms with Gasteiger partial charge in [0.1, 0.15) is 0 Å². The lowest BCUT2D eigenvalue weighted by atomic mass is 9.64. The highest BCUT2D eigenvalue weighted by Crippen LogP contribution is 2.47. The van der Waals surface area contributed by atoms with Gasteiger partial charge in [-0.3, -0.25) is 9.38 Å². The van der Waals surface area contributed by atoms with E-state index in [0.717, 1.165) is 11.3 Å². The van der Waals surface area contributed by atoms with Crippen LogP contribution in [-0.4, -0.2) is 36.1 Å². The molecule has 0 spiro atoms. The van der Waals surface area contributed by atoms with Crippen molar-refractivity contribution in [3.05, 3.63) is 48.9 Å². The number of aromatic nitrogens is 5. The van der Waals surface area contributed by atoms with Crippen LogP contribution in [0.4, 0.5) is 5.95 Å². The van der Waals surface area contributed by atoms with E-state index in [2.05, 4.69) is 39.1 Å². The van der Waals surface area contributed by atoms with Crippen LogP contribution in [0.3, 0.4) is 0 Å². The standard InChI is InChI=1S/C18H24N6O/c1-13(2)18(17(3,4)12-25,23-16-20-6-5-7-21-16)14-10-22-15-11-19-8-9-24(14)15/h5-11,13,25H,12H2,1-4H3,(H,20,21,23). The number of nitrogens with one attached hydrogen (secondary N) is 1. The first kappa shape index (κ1) is 17.3. The van der Waals surface area contributed by atoms with Crippen LogP contribution in [0.2, 0.25) is 0 Å². The van der Waals surface area contributed by atoms with Crippen molar-refractivity contribution in [1.29, 1.82) is 0 Å². The van der Waals surface area contributed by atoms with Crippen molar-refractivity contribution in [2.24, 2.45) is 11.3 Å². The van der Waals surface area contributed by atoms with Crippen molar-refractivity contribution in [3.8, 4) is 0 Å². The summed E-state index contributed by atoms with van der Waals surface area (Å²) in [4.78, 5) is 17.3. The molecule has 0 radical (unpaired) electrons. The molecule has 0 fully saturated rings. The van der Waals surface area contributed by atoms with Crippen LogP contribution in [0.1, 0.15) is 33.4 Å². The quantitative estimate of drug-likeness (QED) is 0.717. The number of hydrogen-bond acceptors (Lipinski definition) is 6. The number of anilines is 1. The van der Waals surface area contributed by atoms with Crippen molar-refractivity contribution in [3.63, 3.8) is 0 Å². The van der Waals surface area contributed by atoms with Gasteiger partial charge in [-0.1, -0.05) is 27.7 Å². The Morgan fingerprint density at radius 1 is 1.12 bits per heavy atom. The Labute approximate surface area is 147 Å². The molecule has 0 bridgehead atoms. The van der Waals surface area contributed by atoms with Gasteiger partial charge in [-0.15, -0.1) is 0 Å². The maximum atomic E-state index is 10.2. The first-order valence-electron chi connectivity index (χ1n) is 8.36. The summed E-state index contributed by atoms with van der Waals surface area (Å²) in [6.07, 6.45) is 10.6. The van der Waals surface area contributed by atoms with E-state index in [-0.39, 0.29) is 12.5 Å². The van der Waals surface area contributed by atoms with E-state index >= 15 is 0 Å². The van der Waals surface area contributed by atoms with Crippen LogP contribution in [0.25, 0.3) is 5.65 Å². The predicted molar refractivity (Wildman–Crippen MR) is 96.0 cm³/mol. The third kappa shape index (κ3) is 2.74. The number of rotatable bonds is 6. The Kier molecular flexibility index (Phi) is 4.43. The van der Waals surface area contributed by atoms with Crippen molar-refractivity contribution < 1.29 is 5.11 Å². The Morgan fingerprint density at radius 3 is 2.48 bits per heavy atom. The molecule has 0 aromatic carbocycles. The molecule has 7 heteroatoms. The van der Waals surface area contributed by atoms with Crippen molar-refractivity contribution in [2.45, 2.75) is 33.2 Å². The molecule has 0 amide bonds. The third-order valence-corrected chi connectivity index (χ3v) is 4.92. The van der Waals surface area contributed by atoms with Gasteiger partial charge in [-0.05, 0) is 12.0 Å². The summed E-state index contributed by atoms with van der Waals surface area (Å²) < 4.78 is 2.00. The summed E-state index contributed by atoms with van der Waals surface area (Å²) in [7, 11) is 0. The van der Waals surface area contributed by atoms with Gasteiger partial charge in [0.2, 0.25) is 5.95 Å². The topological polar surface area (TPSA) is 88.2 Å². The van der Waals surface area contributed by atoms with Gasteiger partial charge in [0, 0.05) is 30.2 Å². The fraction of sp³-hybridized carbons (Fsp3) is 0.444. The number of imidazole rings is 1. The first-order chi connectivity index (χ1) is 11.9. The molecule has 0 aliphatic rings. The zero-order valence-electron chi connectivity index (χ0n) is 15.0. The van der Waals surface area contributed by atoms with E-state index in [0.29, 0.717) is 5.95 Å². The van der Waals surface area contributed by atoms with E-state index in [4.69, 9.17) is 0 Å². The van der Waals surface area contributed by atoms with Crippen LogP contribution in [0.15, 0.2) is 43.2 Å². The van der Waals surface area contributed by atoms with Crippen LogP contribution >= 0.6 is 0 Å². The van der Waals surface area contributed by atoms with E-state index in [1.807, 2.05) is 30.6 Å². The molecule has 132 valence electrons.